The monoisotopic (exact) mass is 322 g/mol. The molecule has 5 nitrogen and oxygen atoms in total. The first-order valence-electron chi connectivity index (χ1n) is 7.18. The lowest BCUT2D eigenvalue weighted by molar-refractivity contribution is -0.122. The maximum atomic E-state index is 11.9. The molecule has 118 valence electrons. The van der Waals surface area contributed by atoms with Gasteiger partial charge in [0, 0.05) is 30.3 Å². The average molecular weight is 323 g/mol. The number of hydrogen-bond donors (Lipinski definition) is 2. The molecule has 0 radical (unpaired) electrons. The number of fused-ring (bicyclic) bond motifs is 1. The quantitative estimate of drug-likeness (QED) is 0.858. The van der Waals surface area contributed by atoms with Crippen LogP contribution in [0.2, 0.25) is 5.02 Å². The summed E-state index contributed by atoms with van der Waals surface area (Å²) >= 11 is 5.94. The van der Waals surface area contributed by atoms with Crippen LogP contribution in [0.4, 0.5) is 0 Å². The van der Waals surface area contributed by atoms with Crippen molar-refractivity contribution in [2.45, 2.75) is 32.2 Å². The molecule has 0 spiro atoms. The van der Waals surface area contributed by atoms with Crippen molar-refractivity contribution in [2.75, 3.05) is 7.05 Å². The van der Waals surface area contributed by atoms with Crippen molar-refractivity contribution in [3.05, 3.63) is 35.0 Å². The molecular formula is C16H19ClN2O3. The summed E-state index contributed by atoms with van der Waals surface area (Å²) in [6.07, 6.45) is 1.18. The van der Waals surface area contributed by atoms with Gasteiger partial charge in [0.1, 0.15) is 11.3 Å². The fourth-order valence-electron chi connectivity index (χ4n) is 2.17. The highest BCUT2D eigenvalue weighted by Crippen LogP contribution is 2.26. The third-order valence-electron chi connectivity index (χ3n) is 3.39. The van der Waals surface area contributed by atoms with Gasteiger partial charge in [0.25, 0.3) is 0 Å². The minimum absolute atomic E-state index is 0.0602. The van der Waals surface area contributed by atoms with Crippen molar-refractivity contribution < 1.29 is 14.0 Å². The second-order valence-corrected chi connectivity index (χ2v) is 5.58. The van der Waals surface area contributed by atoms with Gasteiger partial charge in [-0.1, -0.05) is 11.6 Å². The highest BCUT2D eigenvalue weighted by Gasteiger charge is 2.14. The first-order chi connectivity index (χ1) is 10.5. The molecule has 1 aromatic carbocycles. The third-order valence-corrected chi connectivity index (χ3v) is 3.62. The van der Waals surface area contributed by atoms with Gasteiger partial charge in [-0.2, -0.15) is 0 Å². The van der Waals surface area contributed by atoms with E-state index in [9.17, 15) is 9.59 Å². The fraction of sp³-hybridized carbons (Fsp3) is 0.375. The fourth-order valence-corrected chi connectivity index (χ4v) is 2.35. The van der Waals surface area contributed by atoms with Crippen LogP contribution in [-0.4, -0.2) is 18.9 Å². The van der Waals surface area contributed by atoms with Crippen LogP contribution in [0.25, 0.3) is 11.0 Å². The van der Waals surface area contributed by atoms with E-state index in [-0.39, 0.29) is 17.9 Å². The lowest BCUT2D eigenvalue weighted by Gasteiger charge is -2.11. The summed E-state index contributed by atoms with van der Waals surface area (Å²) < 4.78 is 5.71. The van der Waals surface area contributed by atoms with E-state index in [0.717, 1.165) is 11.0 Å². The van der Waals surface area contributed by atoms with Gasteiger partial charge in [0.15, 0.2) is 0 Å². The van der Waals surface area contributed by atoms with E-state index in [4.69, 9.17) is 16.0 Å². The topological polar surface area (TPSA) is 71.3 Å². The molecule has 0 saturated carbocycles. The zero-order valence-corrected chi connectivity index (χ0v) is 13.4. The number of benzene rings is 1. The number of rotatable bonds is 6. The average Bonchev–Trinajstić information content (AvgIpc) is 2.90. The molecule has 22 heavy (non-hydrogen) atoms. The Morgan fingerprint density at radius 3 is 2.68 bits per heavy atom. The predicted molar refractivity (Wildman–Crippen MR) is 85.7 cm³/mol. The standard InChI is InChI=1S/C16H19ClN2O3/c1-10(19-16(21)5-3-4-15(20)18-2)14-9-11-8-12(17)6-7-13(11)22-14/h6-10H,3-5H2,1-2H3,(H,18,20)(H,19,21). The summed E-state index contributed by atoms with van der Waals surface area (Å²) in [5, 5.41) is 6.94. The van der Waals surface area contributed by atoms with Gasteiger partial charge in [-0.25, -0.2) is 0 Å². The molecule has 0 saturated heterocycles. The minimum Gasteiger partial charge on any atom is -0.459 e. The molecule has 2 N–H and O–H groups in total. The molecule has 6 heteroatoms. The molecule has 2 rings (SSSR count). The molecule has 1 heterocycles. The Bertz CT molecular complexity index is 681. The number of amides is 2. The van der Waals surface area contributed by atoms with Crippen LogP contribution in [0.1, 0.15) is 38.0 Å². The number of carbonyl (C=O) groups is 2. The van der Waals surface area contributed by atoms with Crippen LogP contribution < -0.4 is 10.6 Å². The van der Waals surface area contributed by atoms with Crippen LogP contribution in [0.3, 0.4) is 0 Å². The largest absolute Gasteiger partial charge is 0.459 e. The van der Waals surface area contributed by atoms with Gasteiger partial charge in [-0.05, 0) is 37.6 Å². The molecule has 0 aliphatic carbocycles. The minimum atomic E-state index is -0.237. The van der Waals surface area contributed by atoms with Crippen molar-refractivity contribution in [1.82, 2.24) is 10.6 Å². The molecule has 1 aromatic heterocycles. The van der Waals surface area contributed by atoms with E-state index in [0.29, 0.717) is 30.0 Å². The lowest BCUT2D eigenvalue weighted by atomic mass is 10.2. The Morgan fingerprint density at radius 2 is 1.95 bits per heavy atom. The second-order valence-electron chi connectivity index (χ2n) is 5.15. The van der Waals surface area contributed by atoms with Crippen molar-refractivity contribution in [1.29, 1.82) is 0 Å². The maximum Gasteiger partial charge on any atom is 0.220 e. The van der Waals surface area contributed by atoms with Crippen LogP contribution in [0.5, 0.6) is 0 Å². The SMILES string of the molecule is CNC(=O)CCCC(=O)NC(C)c1cc2cc(Cl)ccc2o1. The predicted octanol–water partition coefficient (Wildman–Crippen LogP) is 3.18. The molecule has 0 aliphatic heterocycles. The van der Waals surface area contributed by atoms with Crippen LogP contribution in [0.15, 0.2) is 28.7 Å². The molecule has 1 unspecified atom stereocenters. The summed E-state index contributed by atoms with van der Waals surface area (Å²) in [6.45, 7) is 1.86. The van der Waals surface area contributed by atoms with Crippen LogP contribution in [0, 0.1) is 0 Å². The zero-order chi connectivity index (χ0) is 16.1. The smallest absolute Gasteiger partial charge is 0.220 e. The van der Waals surface area contributed by atoms with Gasteiger partial charge in [-0.15, -0.1) is 0 Å². The Labute approximate surface area is 134 Å². The molecule has 0 aliphatic rings. The van der Waals surface area contributed by atoms with Crippen molar-refractivity contribution >= 4 is 34.4 Å². The zero-order valence-electron chi connectivity index (χ0n) is 12.6. The lowest BCUT2D eigenvalue weighted by Crippen LogP contribution is -2.26. The van der Waals surface area contributed by atoms with E-state index in [2.05, 4.69) is 10.6 Å². The van der Waals surface area contributed by atoms with Crippen molar-refractivity contribution in [3.8, 4) is 0 Å². The van der Waals surface area contributed by atoms with Gasteiger partial charge < -0.3 is 15.1 Å². The Balaban J connectivity index is 1.91. The van der Waals surface area contributed by atoms with Gasteiger partial charge >= 0.3 is 0 Å². The number of furan rings is 1. The first kappa shape index (κ1) is 16.4. The van der Waals surface area contributed by atoms with Gasteiger partial charge in [0.05, 0.1) is 6.04 Å². The van der Waals surface area contributed by atoms with Crippen molar-refractivity contribution in [2.24, 2.45) is 0 Å². The molecule has 0 fully saturated rings. The van der Waals surface area contributed by atoms with Gasteiger partial charge in [-0.3, -0.25) is 9.59 Å². The summed E-state index contributed by atoms with van der Waals surface area (Å²) in [7, 11) is 1.58. The van der Waals surface area contributed by atoms with E-state index in [1.54, 1.807) is 19.2 Å². The molecule has 1 atom stereocenters. The Morgan fingerprint density at radius 1 is 1.23 bits per heavy atom. The highest BCUT2D eigenvalue weighted by molar-refractivity contribution is 6.31. The first-order valence-corrected chi connectivity index (χ1v) is 7.56. The summed E-state index contributed by atoms with van der Waals surface area (Å²) in [4.78, 5) is 23.0. The third kappa shape index (κ3) is 4.24. The van der Waals surface area contributed by atoms with E-state index in [1.807, 2.05) is 19.1 Å². The summed E-state index contributed by atoms with van der Waals surface area (Å²) in [6, 6.07) is 7.02. The second kappa shape index (κ2) is 7.31. The number of nitrogens with one attached hydrogen (secondary N) is 2. The molecule has 0 bridgehead atoms. The van der Waals surface area contributed by atoms with Crippen molar-refractivity contribution in [3.63, 3.8) is 0 Å². The van der Waals surface area contributed by atoms with E-state index < -0.39 is 0 Å². The number of carbonyl (C=O) groups excluding carboxylic acids is 2. The van der Waals surface area contributed by atoms with E-state index in [1.165, 1.54) is 0 Å². The Kier molecular flexibility index (Phi) is 5.44. The highest BCUT2D eigenvalue weighted by atomic mass is 35.5. The number of hydrogen-bond acceptors (Lipinski definition) is 3. The maximum absolute atomic E-state index is 11.9. The number of halogens is 1. The summed E-state index contributed by atoms with van der Waals surface area (Å²) in [5.74, 6) is 0.516. The van der Waals surface area contributed by atoms with E-state index >= 15 is 0 Å². The summed E-state index contributed by atoms with van der Waals surface area (Å²) in [5.41, 5.74) is 0.736. The van der Waals surface area contributed by atoms with Gasteiger partial charge in [0.2, 0.25) is 11.8 Å². The molecular weight excluding hydrogens is 304 g/mol. The normalized spacial score (nSPS) is 12.1. The molecule has 2 aromatic rings. The molecule has 2 amide bonds. The Hall–Kier alpha value is -2.01. The van der Waals surface area contributed by atoms with Crippen LogP contribution >= 0.6 is 11.6 Å². The van der Waals surface area contributed by atoms with Crippen LogP contribution in [-0.2, 0) is 9.59 Å².